The average molecular weight is 665 g/mol. The predicted molar refractivity (Wildman–Crippen MR) is 213 cm³/mol. The fourth-order valence-corrected chi connectivity index (χ4v) is 7.84. The lowest BCUT2D eigenvalue weighted by molar-refractivity contribution is 0.669. The van der Waals surface area contributed by atoms with Crippen LogP contribution in [0.1, 0.15) is 0 Å². The summed E-state index contributed by atoms with van der Waals surface area (Å²) in [6.07, 6.45) is 0. The molecule has 11 aromatic rings. The van der Waals surface area contributed by atoms with E-state index in [0.29, 0.717) is 17.6 Å². The molecule has 0 aliphatic heterocycles. The highest BCUT2D eigenvalue weighted by atomic mass is 16.3. The molecule has 5 heteroatoms. The second-order valence-electron chi connectivity index (χ2n) is 13.2. The average Bonchev–Trinajstić information content (AvgIpc) is 3.75. The van der Waals surface area contributed by atoms with Crippen LogP contribution in [-0.4, -0.2) is 19.5 Å². The third kappa shape index (κ3) is 4.39. The first kappa shape index (κ1) is 28.7. The van der Waals surface area contributed by atoms with E-state index in [2.05, 4.69) is 156 Å². The van der Waals surface area contributed by atoms with Gasteiger partial charge in [0.15, 0.2) is 11.6 Å². The number of benzene rings is 8. The van der Waals surface area contributed by atoms with Crippen molar-refractivity contribution >= 4 is 65.3 Å². The molecule has 242 valence electrons. The van der Waals surface area contributed by atoms with Gasteiger partial charge < -0.3 is 4.42 Å². The Balaban J connectivity index is 1.23. The number of fused-ring (bicyclic) bond motifs is 9. The van der Waals surface area contributed by atoms with Crippen molar-refractivity contribution in [2.24, 2.45) is 0 Å². The van der Waals surface area contributed by atoms with Gasteiger partial charge in [-0.25, -0.2) is 4.98 Å². The number of furan rings is 1. The summed E-state index contributed by atoms with van der Waals surface area (Å²) in [7, 11) is 0. The molecule has 52 heavy (non-hydrogen) atoms. The van der Waals surface area contributed by atoms with Crippen molar-refractivity contribution in [1.82, 2.24) is 19.5 Å². The molecule has 0 bridgehead atoms. The minimum absolute atomic E-state index is 0.557. The maximum atomic E-state index is 6.48. The molecule has 0 fully saturated rings. The summed E-state index contributed by atoms with van der Waals surface area (Å²) in [4.78, 5) is 15.9. The molecular weight excluding hydrogens is 637 g/mol. The molecule has 8 aromatic carbocycles. The zero-order valence-corrected chi connectivity index (χ0v) is 27.9. The van der Waals surface area contributed by atoms with Crippen LogP contribution in [-0.2, 0) is 0 Å². The molecule has 0 N–H and O–H groups in total. The van der Waals surface area contributed by atoms with Crippen molar-refractivity contribution in [2.45, 2.75) is 0 Å². The Labute approximate surface area is 298 Å². The van der Waals surface area contributed by atoms with E-state index in [-0.39, 0.29) is 0 Å². The summed E-state index contributed by atoms with van der Waals surface area (Å²) in [5.74, 6) is 1.74. The smallest absolute Gasteiger partial charge is 0.238 e. The van der Waals surface area contributed by atoms with E-state index in [9.17, 15) is 0 Å². The molecule has 0 unspecified atom stereocenters. The molecule has 0 saturated heterocycles. The van der Waals surface area contributed by atoms with Gasteiger partial charge in [-0.2, -0.15) is 9.97 Å². The second kappa shape index (κ2) is 11.2. The summed E-state index contributed by atoms with van der Waals surface area (Å²) >= 11 is 0. The lowest BCUT2D eigenvalue weighted by atomic mass is 10.0. The van der Waals surface area contributed by atoms with Crippen molar-refractivity contribution in [1.29, 1.82) is 0 Å². The normalized spacial score (nSPS) is 11.8. The van der Waals surface area contributed by atoms with Gasteiger partial charge in [0.05, 0.1) is 11.0 Å². The van der Waals surface area contributed by atoms with E-state index in [1.54, 1.807) is 0 Å². The third-order valence-corrected chi connectivity index (χ3v) is 10.2. The fraction of sp³-hybridized carbons (Fsp3) is 0. The van der Waals surface area contributed by atoms with Gasteiger partial charge in [0.2, 0.25) is 5.95 Å². The van der Waals surface area contributed by atoms with Gasteiger partial charge in [-0.1, -0.05) is 133 Å². The number of aromatic nitrogens is 4. The summed E-state index contributed by atoms with van der Waals surface area (Å²) in [6, 6.07) is 59.1. The van der Waals surface area contributed by atoms with Gasteiger partial charge in [0.25, 0.3) is 0 Å². The molecule has 0 aliphatic carbocycles. The van der Waals surface area contributed by atoms with Crippen molar-refractivity contribution in [2.75, 3.05) is 0 Å². The summed E-state index contributed by atoms with van der Waals surface area (Å²) in [5.41, 5.74) is 7.73. The van der Waals surface area contributed by atoms with Crippen LogP contribution in [0.25, 0.3) is 105 Å². The number of para-hydroxylation sites is 1. The molecule has 0 aliphatic rings. The maximum Gasteiger partial charge on any atom is 0.238 e. The molecule has 3 heterocycles. The summed E-state index contributed by atoms with van der Waals surface area (Å²) < 4.78 is 8.67. The van der Waals surface area contributed by atoms with Crippen molar-refractivity contribution < 1.29 is 4.42 Å². The Kier molecular flexibility index (Phi) is 6.18. The fourth-order valence-electron chi connectivity index (χ4n) is 7.84. The molecule has 0 saturated carbocycles. The molecule has 3 aromatic heterocycles. The number of hydrogen-bond acceptors (Lipinski definition) is 4. The summed E-state index contributed by atoms with van der Waals surface area (Å²) in [6.45, 7) is 0. The molecule has 0 radical (unpaired) electrons. The quantitative estimate of drug-likeness (QED) is 0.188. The van der Waals surface area contributed by atoms with Crippen LogP contribution in [0.2, 0.25) is 0 Å². The van der Waals surface area contributed by atoms with Crippen LogP contribution in [0.3, 0.4) is 0 Å². The highest BCUT2D eigenvalue weighted by Gasteiger charge is 2.21. The Hall–Kier alpha value is -7.11. The SMILES string of the molecule is c1ccc(-c2cccc(-c3nc(-c4cccc5oc6cc7ccccc7cc6c45)nc(-n4c5ccccc5c5c6ccccc6ccc54)n3)c2)cc1. The van der Waals surface area contributed by atoms with Crippen LogP contribution in [0.15, 0.2) is 174 Å². The lowest BCUT2D eigenvalue weighted by Crippen LogP contribution is -2.06. The Morgan fingerprint density at radius 2 is 1.08 bits per heavy atom. The monoisotopic (exact) mass is 664 g/mol. The summed E-state index contributed by atoms with van der Waals surface area (Å²) in [5, 5.41) is 9.02. The molecule has 11 rings (SSSR count). The minimum atomic E-state index is 0.557. The van der Waals surface area contributed by atoms with Gasteiger partial charge in [-0.15, -0.1) is 0 Å². The minimum Gasteiger partial charge on any atom is -0.456 e. The van der Waals surface area contributed by atoms with Crippen molar-refractivity contribution in [3.63, 3.8) is 0 Å². The second-order valence-corrected chi connectivity index (χ2v) is 13.2. The number of nitrogens with zero attached hydrogens (tertiary/aromatic N) is 4. The highest BCUT2D eigenvalue weighted by molar-refractivity contribution is 6.21. The van der Waals surface area contributed by atoms with Crippen molar-refractivity contribution in [3.8, 4) is 39.9 Å². The first-order valence-corrected chi connectivity index (χ1v) is 17.4. The van der Waals surface area contributed by atoms with E-state index >= 15 is 0 Å². The molecular formula is C47H28N4O. The first-order chi connectivity index (χ1) is 25.8. The lowest BCUT2D eigenvalue weighted by Gasteiger charge is -2.12. The molecule has 0 amide bonds. The third-order valence-electron chi connectivity index (χ3n) is 10.2. The highest BCUT2D eigenvalue weighted by Crippen LogP contribution is 2.40. The van der Waals surface area contributed by atoms with Crippen LogP contribution in [0.5, 0.6) is 0 Å². The zero-order valence-electron chi connectivity index (χ0n) is 27.9. The maximum absolute atomic E-state index is 6.48. The van der Waals surface area contributed by atoms with Gasteiger partial charge in [-0.3, -0.25) is 4.57 Å². The van der Waals surface area contributed by atoms with Gasteiger partial charge in [0.1, 0.15) is 11.2 Å². The van der Waals surface area contributed by atoms with Gasteiger partial charge in [-0.05, 0) is 69.1 Å². The largest absolute Gasteiger partial charge is 0.456 e. The molecule has 0 atom stereocenters. The first-order valence-electron chi connectivity index (χ1n) is 17.4. The molecule has 5 nitrogen and oxygen atoms in total. The Morgan fingerprint density at radius 1 is 0.385 bits per heavy atom. The number of rotatable bonds is 4. The number of hydrogen-bond donors (Lipinski definition) is 0. The van der Waals surface area contributed by atoms with E-state index in [4.69, 9.17) is 19.4 Å². The van der Waals surface area contributed by atoms with E-state index in [1.165, 1.54) is 16.2 Å². The van der Waals surface area contributed by atoms with Gasteiger partial charge >= 0.3 is 0 Å². The topological polar surface area (TPSA) is 56.7 Å². The van der Waals surface area contributed by atoms with Crippen molar-refractivity contribution in [3.05, 3.63) is 170 Å². The molecule has 0 spiro atoms. The van der Waals surface area contributed by atoms with Crippen LogP contribution in [0.4, 0.5) is 0 Å². The van der Waals surface area contributed by atoms with Crippen LogP contribution < -0.4 is 0 Å². The van der Waals surface area contributed by atoms with E-state index in [0.717, 1.165) is 71.4 Å². The predicted octanol–water partition coefficient (Wildman–Crippen LogP) is 12.2. The van der Waals surface area contributed by atoms with E-state index in [1.807, 2.05) is 18.2 Å². The van der Waals surface area contributed by atoms with E-state index < -0.39 is 0 Å². The van der Waals surface area contributed by atoms with Crippen LogP contribution in [0, 0.1) is 0 Å². The standard InChI is InChI=1S/C47H28N4O/c1-2-12-29(13-3-1)31-17-10-18-34(26-31)45-48-46(37-21-11-23-41-44(37)38-27-32-15-4-5-16-33(32)28-42(38)52-41)50-47(49-45)51-39-22-9-8-20-36(39)43-35-19-7-6-14-30(35)24-25-40(43)51/h1-28H. The van der Waals surface area contributed by atoms with Crippen LogP contribution >= 0.6 is 0 Å². The Bertz CT molecular complexity index is 3190. The zero-order chi connectivity index (χ0) is 34.2. The Morgan fingerprint density at radius 3 is 1.96 bits per heavy atom. The van der Waals surface area contributed by atoms with Gasteiger partial charge in [0, 0.05) is 32.7 Å².